The van der Waals surface area contributed by atoms with Gasteiger partial charge in [0, 0.05) is 18.8 Å². The fourth-order valence-corrected chi connectivity index (χ4v) is 3.03. The lowest BCUT2D eigenvalue weighted by Gasteiger charge is -2.29. The van der Waals surface area contributed by atoms with E-state index in [2.05, 4.69) is 20.8 Å². The highest BCUT2D eigenvalue weighted by Gasteiger charge is 2.29. The first-order chi connectivity index (χ1) is 9.39. The van der Waals surface area contributed by atoms with E-state index in [1.165, 1.54) is 6.42 Å². The molecule has 1 unspecified atom stereocenters. The summed E-state index contributed by atoms with van der Waals surface area (Å²) in [5, 5.41) is 0. The monoisotopic (exact) mass is 310 g/mol. The second kappa shape index (κ2) is 7.17. The van der Waals surface area contributed by atoms with E-state index in [1.54, 1.807) is 6.07 Å². The van der Waals surface area contributed by atoms with Gasteiger partial charge in [0.25, 0.3) is 5.91 Å². The molecule has 3 nitrogen and oxygen atoms in total. The fraction of sp³-hybridized carbons (Fsp3) is 0.588. The number of nitrogen functional groups attached to an aromatic ring is 1. The predicted molar refractivity (Wildman–Crippen MR) is 90.8 cm³/mol. The van der Waals surface area contributed by atoms with Gasteiger partial charge in [-0.2, -0.15) is 0 Å². The van der Waals surface area contributed by atoms with Gasteiger partial charge >= 0.3 is 0 Å². The summed E-state index contributed by atoms with van der Waals surface area (Å²) in [7, 11) is 0. The first-order valence-corrected chi connectivity index (χ1v) is 7.53. The Morgan fingerprint density at radius 1 is 1.19 bits per heavy atom. The van der Waals surface area contributed by atoms with Crippen LogP contribution in [-0.2, 0) is 0 Å². The van der Waals surface area contributed by atoms with Crippen molar-refractivity contribution in [2.45, 2.75) is 40.0 Å². The molecule has 1 aliphatic heterocycles. The number of benzene rings is 1. The molecule has 1 saturated heterocycles. The Labute approximate surface area is 134 Å². The Bertz CT molecular complexity index is 482. The first-order valence-electron chi connectivity index (χ1n) is 7.53. The highest BCUT2D eigenvalue weighted by atomic mass is 35.5. The van der Waals surface area contributed by atoms with Crippen LogP contribution in [0.2, 0.25) is 0 Å². The van der Waals surface area contributed by atoms with Gasteiger partial charge in [0.15, 0.2) is 0 Å². The van der Waals surface area contributed by atoms with E-state index < -0.39 is 0 Å². The molecule has 1 atom stereocenters. The van der Waals surface area contributed by atoms with E-state index in [0.29, 0.717) is 22.6 Å². The van der Waals surface area contributed by atoms with Gasteiger partial charge in [-0.15, -0.1) is 12.4 Å². The van der Waals surface area contributed by atoms with Gasteiger partial charge in [-0.3, -0.25) is 4.79 Å². The van der Waals surface area contributed by atoms with Crippen molar-refractivity contribution < 1.29 is 4.79 Å². The number of hydrogen-bond donors (Lipinski definition) is 1. The zero-order chi connectivity index (χ0) is 14.8. The van der Waals surface area contributed by atoms with Crippen LogP contribution < -0.4 is 5.73 Å². The third-order valence-corrected chi connectivity index (χ3v) is 4.43. The van der Waals surface area contributed by atoms with Crippen LogP contribution in [0.25, 0.3) is 0 Å². The number of carbonyl (C=O) groups excluding carboxylic acids is 1. The van der Waals surface area contributed by atoms with Crippen molar-refractivity contribution >= 4 is 24.0 Å². The number of halogens is 1. The fourth-order valence-electron chi connectivity index (χ4n) is 3.03. The highest BCUT2D eigenvalue weighted by Crippen LogP contribution is 2.34. The number of carbonyl (C=O) groups is 1. The van der Waals surface area contributed by atoms with Gasteiger partial charge in [-0.25, -0.2) is 0 Å². The lowest BCUT2D eigenvalue weighted by molar-refractivity contribution is 0.0756. The quantitative estimate of drug-likeness (QED) is 0.798. The normalized spacial score (nSPS) is 19.6. The summed E-state index contributed by atoms with van der Waals surface area (Å²) in [5.41, 5.74) is 7.46. The van der Waals surface area contributed by atoms with Crippen LogP contribution in [-0.4, -0.2) is 23.9 Å². The maximum absolute atomic E-state index is 12.6. The zero-order valence-corrected chi connectivity index (χ0v) is 14.1. The lowest BCUT2D eigenvalue weighted by Crippen LogP contribution is -2.33. The van der Waals surface area contributed by atoms with Crippen molar-refractivity contribution in [1.82, 2.24) is 4.90 Å². The predicted octanol–water partition coefficient (Wildman–Crippen LogP) is 3.98. The molecule has 0 aliphatic carbocycles. The van der Waals surface area contributed by atoms with Gasteiger partial charge in [-0.1, -0.05) is 32.9 Å². The maximum Gasteiger partial charge on any atom is 0.255 e. The third kappa shape index (κ3) is 4.37. The summed E-state index contributed by atoms with van der Waals surface area (Å²) in [5.74, 6) is 0.770. The minimum Gasteiger partial charge on any atom is -0.398 e. The van der Waals surface area contributed by atoms with Crippen molar-refractivity contribution in [1.29, 1.82) is 0 Å². The van der Waals surface area contributed by atoms with Crippen LogP contribution in [0.3, 0.4) is 0 Å². The van der Waals surface area contributed by atoms with Crippen LogP contribution >= 0.6 is 12.4 Å². The maximum atomic E-state index is 12.6. The number of rotatable bonds is 1. The Kier molecular flexibility index (Phi) is 6.09. The molecule has 1 heterocycles. The summed E-state index contributed by atoms with van der Waals surface area (Å²) in [6, 6.07) is 7.36. The van der Waals surface area contributed by atoms with E-state index in [9.17, 15) is 4.79 Å². The Hall–Kier alpha value is -1.22. The number of hydrogen-bond acceptors (Lipinski definition) is 2. The Morgan fingerprint density at radius 3 is 2.48 bits per heavy atom. The Balaban J connectivity index is 0.00000220. The molecule has 1 amide bonds. The van der Waals surface area contributed by atoms with Crippen LogP contribution in [0.15, 0.2) is 24.3 Å². The number of likely N-dealkylation sites (tertiary alicyclic amines) is 1. The molecule has 1 fully saturated rings. The third-order valence-electron chi connectivity index (χ3n) is 4.43. The van der Waals surface area contributed by atoms with Crippen LogP contribution in [0.1, 0.15) is 50.4 Å². The lowest BCUT2D eigenvalue weighted by atomic mass is 9.77. The summed E-state index contributed by atoms with van der Waals surface area (Å²) < 4.78 is 0. The second-order valence-electron chi connectivity index (χ2n) is 6.87. The number of amides is 1. The highest BCUT2D eigenvalue weighted by molar-refractivity contribution is 5.99. The van der Waals surface area contributed by atoms with E-state index in [0.717, 1.165) is 25.9 Å². The molecule has 0 bridgehead atoms. The number of nitrogens with zero attached hydrogens (tertiary/aromatic N) is 1. The molecular weight excluding hydrogens is 284 g/mol. The average molecular weight is 311 g/mol. The summed E-state index contributed by atoms with van der Waals surface area (Å²) >= 11 is 0. The molecule has 0 spiro atoms. The largest absolute Gasteiger partial charge is 0.398 e. The summed E-state index contributed by atoms with van der Waals surface area (Å²) in [6.07, 6.45) is 3.37. The van der Waals surface area contributed by atoms with Gasteiger partial charge in [0.05, 0.1) is 5.56 Å². The minimum absolute atomic E-state index is 0. The topological polar surface area (TPSA) is 46.3 Å². The molecule has 2 rings (SSSR count). The standard InChI is InChI=1S/C17H26N2O.ClH/c1-17(2,3)13-7-6-11-19(12-10-13)16(20)14-8-4-5-9-15(14)18;/h4-5,8-9,13H,6-7,10-12,18H2,1-3H3;1H. The van der Waals surface area contributed by atoms with Crippen LogP contribution in [0.5, 0.6) is 0 Å². The molecule has 2 N–H and O–H groups in total. The number of nitrogens with two attached hydrogens (primary N) is 1. The van der Waals surface area contributed by atoms with E-state index in [4.69, 9.17) is 5.73 Å². The van der Waals surface area contributed by atoms with Crippen molar-refractivity contribution in [3.8, 4) is 0 Å². The molecule has 1 aromatic carbocycles. The molecular formula is C17H27ClN2O. The van der Waals surface area contributed by atoms with Gasteiger partial charge in [-0.05, 0) is 42.7 Å². The summed E-state index contributed by atoms with van der Waals surface area (Å²) in [4.78, 5) is 14.5. The second-order valence-corrected chi connectivity index (χ2v) is 6.87. The molecule has 0 aromatic heterocycles. The SMILES string of the molecule is CC(C)(C)C1CCCN(C(=O)c2ccccc2N)CC1.Cl. The molecule has 4 heteroatoms. The van der Waals surface area contributed by atoms with Crippen molar-refractivity contribution in [3.63, 3.8) is 0 Å². The van der Waals surface area contributed by atoms with Gasteiger partial charge < -0.3 is 10.6 Å². The minimum atomic E-state index is 0. The van der Waals surface area contributed by atoms with Gasteiger partial charge in [0.1, 0.15) is 0 Å². The van der Waals surface area contributed by atoms with E-state index in [-0.39, 0.29) is 18.3 Å². The first kappa shape index (κ1) is 17.8. The molecule has 0 radical (unpaired) electrons. The van der Waals surface area contributed by atoms with Crippen molar-refractivity contribution in [2.24, 2.45) is 11.3 Å². The van der Waals surface area contributed by atoms with Crippen molar-refractivity contribution in [3.05, 3.63) is 29.8 Å². The molecule has 1 aromatic rings. The van der Waals surface area contributed by atoms with E-state index >= 15 is 0 Å². The molecule has 118 valence electrons. The smallest absolute Gasteiger partial charge is 0.255 e. The molecule has 1 aliphatic rings. The zero-order valence-electron chi connectivity index (χ0n) is 13.3. The number of anilines is 1. The average Bonchev–Trinajstić information content (AvgIpc) is 2.63. The molecule has 21 heavy (non-hydrogen) atoms. The van der Waals surface area contributed by atoms with Crippen molar-refractivity contribution in [2.75, 3.05) is 18.8 Å². The van der Waals surface area contributed by atoms with Gasteiger partial charge in [0.2, 0.25) is 0 Å². The van der Waals surface area contributed by atoms with Crippen LogP contribution in [0, 0.1) is 11.3 Å². The Morgan fingerprint density at radius 2 is 1.86 bits per heavy atom. The number of para-hydroxylation sites is 1. The van der Waals surface area contributed by atoms with E-state index in [1.807, 2.05) is 23.1 Å². The molecule has 0 saturated carbocycles. The van der Waals surface area contributed by atoms with Crippen LogP contribution in [0.4, 0.5) is 5.69 Å². The summed E-state index contributed by atoms with van der Waals surface area (Å²) in [6.45, 7) is 8.58.